The summed E-state index contributed by atoms with van der Waals surface area (Å²) in [5.41, 5.74) is -0.562. The van der Waals surface area contributed by atoms with Crippen LogP contribution in [-0.4, -0.2) is 313 Å². The lowest BCUT2D eigenvalue weighted by molar-refractivity contribution is -0.269. The van der Waals surface area contributed by atoms with Gasteiger partial charge in [-0.25, -0.2) is 4.67 Å². The van der Waals surface area contributed by atoms with E-state index < -0.39 is 123 Å². The second-order valence-corrected chi connectivity index (χ2v) is 28.0. The Labute approximate surface area is 667 Å². The van der Waals surface area contributed by atoms with Crippen molar-refractivity contribution in [2.24, 2.45) is 0 Å². The molecule has 2 heterocycles. The lowest BCUT2D eigenvalue weighted by Crippen LogP contribution is -2.65. The van der Waals surface area contributed by atoms with Gasteiger partial charge in [0, 0.05) is 118 Å². The maximum atomic E-state index is 13.9. The van der Waals surface area contributed by atoms with Crippen molar-refractivity contribution in [3.63, 3.8) is 0 Å². The summed E-state index contributed by atoms with van der Waals surface area (Å²) in [6.45, 7) is 16.6. The van der Waals surface area contributed by atoms with Crippen LogP contribution in [0.25, 0.3) is 0 Å². The molecule has 0 spiro atoms. The number of aliphatic hydroxyl groups is 1. The van der Waals surface area contributed by atoms with Gasteiger partial charge in [-0.3, -0.25) is 52.7 Å². The first-order chi connectivity index (χ1) is 54.5. The fourth-order valence-electron chi connectivity index (χ4n) is 11.2. The van der Waals surface area contributed by atoms with Crippen LogP contribution < -0.4 is 36.4 Å². The van der Waals surface area contributed by atoms with Crippen molar-refractivity contribution < 1.29 is 147 Å². The largest absolute Gasteiger partial charge is 0.463 e. The molecule has 1 aromatic carbocycles. The highest BCUT2D eigenvalue weighted by Crippen LogP contribution is 2.46. The number of amides is 6. The summed E-state index contributed by atoms with van der Waals surface area (Å²) in [6.07, 6.45) is -7.82. The van der Waals surface area contributed by atoms with Gasteiger partial charge in [0.1, 0.15) is 36.1 Å². The summed E-state index contributed by atoms with van der Waals surface area (Å²) < 4.78 is 111. The minimum atomic E-state index is -1.49. The fourth-order valence-corrected chi connectivity index (χ4v) is 12.8. The molecule has 0 bridgehead atoms. The second-order valence-electron chi connectivity index (χ2n) is 26.6. The summed E-state index contributed by atoms with van der Waals surface area (Å²) in [7, 11) is -1.48. The summed E-state index contributed by atoms with van der Waals surface area (Å²) in [6, 6.07) is 8.77. The average molecular weight is 1650 g/mol. The highest BCUT2D eigenvalue weighted by Gasteiger charge is 2.50. The maximum Gasteiger partial charge on any atom is 0.321 e. The molecule has 39 nitrogen and oxygen atoms in total. The lowest BCUT2D eigenvalue weighted by Gasteiger charge is -2.44. The summed E-state index contributed by atoms with van der Waals surface area (Å²) in [5.74, 6) is -5.08. The number of esters is 5. The number of benzene rings is 1. The number of nitrogens with zero attached hydrogens (tertiary/aromatic N) is 2. The van der Waals surface area contributed by atoms with Crippen LogP contribution >= 0.6 is 8.53 Å². The molecule has 114 heavy (non-hydrogen) atoms. The Morgan fingerprint density at radius 1 is 0.535 bits per heavy atom. The van der Waals surface area contributed by atoms with E-state index in [1.807, 2.05) is 24.3 Å². The third kappa shape index (κ3) is 45.1. The molecule has 3 rings (SSSR count). The van der Waals surface area contributed by atoms with Gasteiger partial charge in [0.05, 0.1) is 151 Å². The van der Waals surface area contributed by atoms with Crippen LogP contribution in [-0.2, 0) is 144 Å². The Bertz CT molecular complexity index is 3040. The fraction of sp³-hybridized carbons (Fsp3) is 0.757. The molecule has 2 aliphatic rings. The summed E-state index contributed by atoms with van der Waals surface area (Å²) in [4.78, 5) is 137. The van der Waals surface area contributed by atoms with Crippen molar-refractivity contribution in [3.8, 4) is 11.8 Å². The molecule has 648 valence electrons. The molecule has 2 saturated heterocycles. The van der Waals surface area contributed by atoms with Crippen LogP contribution in [0.3, 0.4) is 0 Å². The van der Waals surface area contributed by atoms with Gasteiger partial charge in [-0.15, -0.1) is 0 Å². The number of nitriles is 1. The Morgan fingerprint density at radius 3 is 1.47 bits per heavy atom. The van der Waals surface area contributed by atoms with Gasteiger partial charge in [-0.2, -0.15) is 5.26 Å². The van der Waals surface area contributed by atoms with E-state index in [1.165, 1.54) is 41.5 Å². The Morgan fingerprint density at radius 2 is 0.991 bits per heavy atom. The minimum absolute atomic E-state index is 0.00444. The topological polar surface area (TPSA) is 483 Å². The van der Waals surface area contributed by atoms with E-state index >= 15 is 0 Å². The Kier molecular flexibility index (Phi) is 52.3. The van der Waals surface area contributed by atoms with Crippen molar-refractivity contribution in [1.29, 1.82) is 5.26 Å². The first kappa shape index (κ1) is 101. The number of hydrogen-bond donors (Lipinski definition) is 7. The van der Waals surface area contributed by atoms with Gasteiger partial charge in [-0.05, 0) is 58.7 Å². The predicted molar refractivity (Wildman–Crippen MR) is 402 cm³/mol. The zero-order valence-electron chi connectivity index (χ0n) is 67.5. The number of aliphatic hydroxyl groups excluding tert-OH is 1. The predicted octanol–water partition coefficient (Wildman–Crippen LogP) is 0.967. The standard InChI is InChI=1S/C74H121N8O31P/c1-50(2)82(51(3)4)114(106-29-12-23-75)113-60-16-13-59(14-17-60)15-18-63(90)76-25-35-97-40-39-95-30-22-67(94)81-74(47-100-31-19-64(91)77-24-34-96-38-28-83,48-101-32-20-65(92)78-26-36-98-41-43-103-68-45-61(108-55(8)86)71(110-57(10)88)62(112-68)46-105-54(7)85)49-102-33-21-66(93)79-27-37-99-42-44-104-73-69(80-53(6)84)72(111-58(11)89)70(52(5)107-73)109-56(9)87/h13-14,16-17,50-52,61-62,68-73,83H,12,15,18-22,24-49H2,1-11H3,(H,76,90)(H,77,91)(H,78,92)(H,79,93)(H,80,84)(H,81,94)/t52-,61-,62-,68-,69+,70-,71-,72+,73+,74?,114?/m1/s1. The van der Waals surface area contributed by atoms with Gasteiger partial charge in [0.2, 0.25) is 35.4 Å². The normalized spacial score (nSPS) is 19.4. The van der Waals surface area contributed by atoms with Gasteiger partial charge in [0.25, 0.3) is 0 Å². The Hall–Kier alpha value is -7.49. The number of nitrogens with one attached hydrogen (secondary N) is 6. The van der Waals surface area contributed by atoms with Crippen LogP contribution in [0.1, 0.15) is 127 Å². The van der Waals surface area contributed by atoms with E-state index in [0.29, 0.717) is 12.2 Å². The van der Waals surface area contributed by atoms with Gasteiger partial charge in [0.15, 0.2) is 30.9 Å². The van der Waals surface area contributed by atoms with E-state index in [1.54, 1.807) is 6.92 Å². The number of hydrogen-bond acceptors (Lipinski definition) is 33. The quantitative estimate of drug-likeness (QED) is 0.0207. The van der Waals surface area contributed by atoms with Gasteiger partial charge < -0.3 is 127 Å². The zero-order chi connectivity index (χ0) is 84.1. The molecule has 7 N–H and O–H groups in total. The maximum absolute atomic E-state index is 13.9. The third-order valence-electron chi connectivity index (χ3n) is 16.1. The molecule has 0 aliphatic carbocycles. The van der Waals surface area contributed by atoms with E-state index in [0.717, 1.165) is 5.56 Å². The van der Waals surface area contributed by atoms with E-state index in [4.69, 9.17) is 99.9 Å². The number of carbonyl (C=O) groups is 11. The first-order valence-corrected chi connectivity index (χ1v) is 39.3. The molecule has 0 saturated carbocycles. The number of carbonyl (C=O) groups excluding carboxylic acids is 11. The molecule has 0 aromatic heterocycles. The molecule has 2 aliphatic heterocycles. The summed E-state index contributed by atoms with van der Waals surface area (Å²) >= 11 is 0. The molecule has 6 amide bonds. The van der Waals surface area contributed by atoms with E-state index in [2.05, 4.69) is 70.3 Å². The molecule has 2 fully saturated rings. The smallest absolute Gasteiger partial charge is 0.321 e. The van der Waals surface area contributed by atoms with Crippen LogP contribution in [0.15, 0.2) is 24.3 Å². The molecular weight excluding hydrogens is 1530 g/mol. The van der Waals surface area contributed by atoms with Crippen LogP contribution in [0.4, 0.5) is 0 Å². The molecule has 40 heteroatoms. The molecule has 2 unspecified atom stereocenters. The van der Waals surface area contributed by atoms with E-state index in [9.17, 15) is 52.7 Å². The molecule has 0 radical (unpaired) electrons. The monoisotopic (exact) mass is 1650 g/mol. The average Bonchev–Trinajstić information content (AvgIpc) is 0.804. The molecule has 1 aromatic rings. The van der Waals surface area contributed by atoms with Crippen molar-refractivity contribution in [2.45, 2.75) is 200 Å². The van der Waals surface area contributed by atoms with Crippen LogP contribution in [0.2, 0.25) is 0 Å². The first-order valence-electron chi connectivity index (χ1n) is 38.1. The van der Waals surface area contributed by atoms with Crippen LogP contribution in [0.5, 0.6) is 5.75 Å². The zero-order valence-corrected chi connectivity index (χ0v) is 68.4. The van der Waals surface area contributed by atoms with Crippen LogP contribution in [0, 0.1) is 11.3 Å². The molecule has 11 atom stereocenters. The SMILES string of the molecule is CC(=O)N[C@@H]1[C@@H](OCCOCCNC(=O)CCOCC(COCCC(=O)NCCOCCO)(COCCC(=O)NCCOCCO[C@H]2C[C@@H](OC(C)=O)[C@@H](OC(C)=O)[C@@H](COC(C)=O)O2)NC(=O)CCOCCOCCNC(=O)CCc2ccc(OP(OCCC#N)N(C(C)C)C(C)C)cc2)O[C@H](C)[C@@H](OC(C)=O)[C@H]1OC(C)=O. The lowest BCUT2D eigenvalue weighted by atomic mass is 9.96. The molecular formula is C74H121N8O31P. The van der Waals surface area contributed by atoms with Gasteiger partial charge >= 0.3 is 38.4 Å². The number of aryl methyl sites for hydroxylation is 1. The van der Waals surface area contributed by atoms with Crippen molar-refractivity contribution >= 4 is 73.8 Å². The number of rotatable bonds is 62. The van der Waals surface area contributed by atoms with Crippen molar-refractivity contribution in [2.75, 3.05) is 165 Å². The number of ether oxygens (including phenoxy) is 17. The highest BCUT2D eigenvalue weighted by molar-refractivity contribution is 7.45. The second kappa shape index (κ2) is 59.2. The van der Waals surface area contributed by atoms with Gasteiger partial charge in [-0.1, -0.05) is 12.1 Å². The van der Waals surface area contributed by atoms with Crippen molar-refractivity contribution in [3.05, 3.63) is 29.8 Å². The summed E-state index contributed by atoms with van der Waals surface area (Å²) in [5, 5.41) is 34.7. The highest BCUT2D eigenvalue weighted by atomic mass is 31.2. The van der Waals surface area contributed by atoms with E-state index in [-0.39, 0.29) is 234 Å². The Balaban J connectivity index is 1.61. The minimum Gasteiger partial charge on any atom is -0.463 e. The third-order valence-corrected chi connectivity index (χ3v) is 18.1. The van der Waals surface area contributed by atoms with Crippen molar-refractivity contribution in [1.82, 2.24) is 36.6 Å².